The number of rotatable bonds is 11. The fourth-order valence-electron chi connectivity index (χ4n) is 3.18. The zero-order valence-electron chi connectivity index (χ0n) is 19.8. The number of amides is 2. The number of esters is 1. The molecular weight excluding hydrogens is 458 g/mol. The molecule has 10 heteroatoms. The molecular formula is C24H31N3O6S. The molecule has 9 nitrogen and oxygen atoms in total. The molecule has 0 heterocycles. The average molecular weight is 490 g/mol. The first kappa shape index (κ1) is 27.0. The van der Waals surface area contributed by atoms with Gasteiger partial charge < -0.3 is 15.4 Å². The smallest absolute Gasteiger partial charge is 0.329 e. The molecule has 184 valence electrons. The first-order valence-corrected chi connectivity index (χ1v) is 12.5. The topological polar surface area (TPSA) is 122 Å². The zero-order valence-corrected chi connectivity index (χ0v) is 20.6. The maximum Gasteiger partial charge on any atom is 0.329 e. The van der Waals surface area contributed by atoms with Gasteiger partial charge in [0.25, 0.3) is 11.8 Å². The highest BCUT2D eigenvalue weighted by molar-refractivity contribution is 7.89. The Hall–Kier alpha value is -3.24. The molecule has 0 bridgehead atoms. The summed E-state index contributed by atoms with van der Waals surface area (Å²) in [5.41, 5.74) is 0.658. The van der Waals surface area contributed by atoms with Crippen molar-refractivity contribution in [2.45, 2.75) is 38.6 Å². The first-order valence-electron chi connectivity index (χ1n) is 11.0. The number of nitrogens with one attached hydrogen (secondary N) is 2. The quantitative estimate of drug-likeness (QED) is 0.468. The molecule has 0 saturated heterocycles. The number of nitrogens with zero attached hydrogens (tertiary/aromatic N) is 1. The van der Waals surface area contributed by atoms with Crippen LogP contribution in [0.1, 0.15) is 38.1 Å². The van der Waals surface area contributed by atoms with E-state index in [0.717, 1.165) is 0 Å². The number of carbonyl (C=O) groups is 3. The lowest BCUT2D eigenvalue weighted by Gasteiger charge is -2.21. The molecule has 2 amide bonds. The van der Waals surface area contributed by atoms with Crippen LogP contribution in [0.15, 0.2) is 59.5 Å². The second kappa shape index (κ2) is 12.3. The summed E-state index contributed by atoms with van der Waals surface area (Å²) < 4.78 is 31.8. The number of benzene rings is 2. The van der Waals surface area contributed by atoms with Gasteiger partial charge >= 0.3 is 5.97 Å². The second-order valence-corrected chi connectivity index (χ2v) is 9.77. The van der Waals surface area contributed by atoms with Gasteiger partial charge in [0.05, 0.1) is 4.90 Å². The summed E-state index contributed by atoms with van der Waals surface area (Å²) in [7, 11) is -3.68. The Kier molecular flexibility index (Phi) is 9.76. The summed E-state index contributed by atoms with van der Waals surface area (Å²) in [6, 6.07) is 13.4. The molecule has 1 unspecified atom stereocenters. The van der Waals surface area contributed by atoms with E-state index in [1.54, 1.807) is 58.0 Å². The number of hydrogen-bond donors (Lipinski definition) is 2. The van der Waals surface area contributed by atoms with E-state index in [1.807, 2.05) is 0 Å². The second-order valence-electron chi connectivity index (χ2n) is 7.83. The van der Waals surface area contributed by atoms with Crippen molar-refractivity contribution in [1.82, 2.24) is 9.62 Å². The maximum absolute atomic E-state index is 12.7. The van der Waals surface area contributed by atoms with Gasteiger partial charge in [0.2, 0.25) is 10.0 Å². The summed E-state index contributed by atoms with van der Waals surface area (Å²) >= 11 is 0. The Labute approximate surface area is 200 Å². The van der Waals surface area contributed by atoms with Gasteiger partial charge in [-0.1, -0.05) is 52.0 Å². The molecule has 0 fully saturated rings. The van der Waals surface area contributed by atoms with Crippen LogP contribution in [0, 0.1) is 5.92 Å². The van der Waals surface area contributed by atoms with Gasteiger partial charge in [0.15, 0.2) is 6.61 Å². The van der Waals surface area contributed by atoms with E-state index in [4.69, 9.17) is 4.74 Å². The molecule has 1 atom stereocenters. The lowest BCUT2D eigenvalue weighted by Crippen LogP contribution is -2.45. The fraction of sp³-hybridized carbons (Fsp3) is 0.375. The molecule has 0 spiro atoms. The number of anilines is 1. The van der Waals surface area contributed by atoms with Crippen molar-refractivity contribution in [2.75, 3.05) is 25.0 Å². The van der Waals surface area contributed by atoms with E-state index < -0.39 is 40.5 Å². The summed E-state index contributed by atoms with van der Waals surface area (Å²) in [6.07, 6.45) is 0. The molecule has 2 N–H and O–H groups in total. The van der Waals surface area contributed by atoms with E-state index in [0.29, 0.717) is 18.7 Å². The molecule has 34 heavy (non-hydrogen) atoms. The number of hydrogen-bond acceptors (Lipinski definition) is 6. The first-order chi connectivity index (χ1) is 16.1. The largest absolute Gasteiger partial charge is 0.454 e. The van der Waals surface area contributed by atoms with Crippen molar-refractivity contribution in [3.63, 3.8) is 0 Å². The van der Waals surface area contributed by atoms with Gasteiger partial charge in [-0.2, -0.15) is 4.31 Å². The Bertz CT molecular complexity index is 1100. The minimum absolute atomic E-state index is 0.0505. The van der Waals surface area contributed by atoms with Crippen molar-refractivity contribution < 1.29 is 27.5 Å². The third-order valence-electron chi connectivity index (χ3n) is 5.05. The van der Waals surface area contributed by atoms with Gasteiger partial charge in [-0.25, -0.2) is 13.2 Å². The molecule has 0 radical (unpaired) electrons. The number of ether oxygens (including phenoxy) is 1. The number of sulfonamides is 1. The van der Waals surface area contributed by atoms with E-state index in [1.165, 1.54) is 28.6 Å². The van der Waals surface area contributed by atoms with Crippen molar-refractivity contribution in [3.05, 3.63) is 60.2 Å². The molecule has 0 aliphatic carbocycles. The van der Waals surface area contributed by atoms with Crippen LogP contribution in [0.25, 0.3) is 0 Å². The van der Waals surface area contributed by atoms with Crippen LogP contribution in [-0.2, 0) is 24.3 Å². The predicted octanol–water partition coefficient (Wildman–Crippen LogP) is 2.65. The van der Waals surface area contributed by atoms with E-state index in [2.05, 4.69) is 10.6 Å². The van der Waals surface area contributed by atoms with Gasteiger partial charge in [-0.05, 0) is 36.2 Å². The lowest BCUT2D eigenvalue weighted by atomic mass is 10.0. The highest BCUT2D eigenvalue weighted by atomic mass is 32.2. The highest BCUT2D eigenvalue weighted by Crippen LogP contribution is 2.19. The Morgan fingerprint density at radius 1 is 0.971 bits per heavy atom. The average Bonchev–Trinajstić information content (AvgIpc) is 2.82. The fourth-order valence-corrected chi connectivity index (χ4v) is 4.69. The van der Waals surface area contributed by atoms with Crippen LogP contribution < -0.4 is 10.6 Å². The molecule has 2 aromatic rings. The highest BCUT2D eigenvalue weighted by Gasteiger charge is 2.27. The maximum atomic E-state index is 12.7. The molecule has 2 rings (SSSR count). The summed E-state index contributed by atoms with van der Waals surface area (Å²) in [4.78, 5) is 37.3. The molecule has 0 aromatic heterocycles. The van der Waals surface area contributed by atoms with Gasteiger partial charge in [-0.15, -0.1) is 0 Å². The summed E-state index contributed by atoms with van der Waals surface area (Å²) in [5.74, 6) is -2.08. The van der Waals surface area contributed by atoms with Crippen LogP contribution in [0.2, 0.25) is 0 Å². The summed E-state index contributed by atoms with van der Waals surface area (Å²) in [6.45, 7) is 7.04. The molecule has 0 aliphatic rings. The normalized spacial score (nSPS) is 12.3. The van der Waals surface area contributed by atoms with Crippen LogP contribution in [-0.4, -0.2) is 56.2 Å². The van der Waals surface area contributed by atoms with Crippen LogP contribution >= 0.6 is 0 Å². The van der Waals surface area contributed by atoms with E-state index >= 15 is 0 Å². The van der Waals surface area contributed by atoms with Gasteiger partial charge in [-0.3, -0.25) is 9.59 Å². The van der Waals surface area contributed by atoms with Crippen LogP contribution in [0.4, 0.5) is 5.69 Å². The zero-order chi connectivity index (χ0) is 25.3. The predicted molar refractivity (Wildman–Crippen MR) is 129 cm³/mol. The van der Waals surface area contributed by atoms with E-state index in [-0.39, 0.29) is 16.5 Å². The Morgan fingerprint density at radius 3 is 2.21 bits per heavy atom. The van der Waals surface area contributed by atoms with Crippen molar-refractivity contribution in [2.24, 2.45) is 5.92 Å². The monoisotopic (exact) mass is 489 g/mol. The third kappa shape index (κ3) is 7.13. The Morgan fingerprint density at radius 2 is 1.62 bits per heavy atom. The van der Waals surface area contributed by atoms with Crippen molar-refractivity contribution >= 4 is 33.5 Å². The Balaban J connectivity index is 1.99. The summed E-state index contributed by atoms with van der Waals surface area (Å²) in [5, 5.41) is 5.17. The lowest BCUT2D eigenvalue weighted by molar-refractivity contribution is -0.150. The molecule has 0 saturated carbocycles. The number of carbonyl (C=O) groups excluding carboxylic acids is 3. The third-order valence-corrected chi connectivity index (χ3v) is 7.10. The van der Waals surface area contributed by atoms with E-state index in [9.17, 15) is 22.8 Å². The van der Waals surface area contributed by atoms with Crippen molar-refractivity contribution in [1.29, 1.82) is 0 Å². The minimum Gasteiger partial charge on any atom is -0.454 e. The standard InChI is InChI=1S/C24H31N3O6S/c1-5-27(6-2)34(31,32)20-14-10-13-19(15-20)25-21(28)16-33-24(30)22(17(3)4)26-23(29)18-11-8-7-9-12-18/h7-15,17,22H,5-6,16H2,1-4H3,(H,25,28)(H,26,29). The van der Waals surface area contributed by atoms with Crippen molar-refractivity contribution in [3.8, 4) is 0 Å². The van der Waals surface area contributed by atoms with Gasteiger partial charge in [0.1, 0.15) is 6.04 Å². The minimum atomic E-state index is -3.68. The SMILES string of the molecule is CCN(CC)S(=O)(=O)c1cccc(NC(=O)COC(=O)C(NC(=O)c2ccccc2)C(C)C)c1. The molecule has 0 aliphatic heterocycles. The van der Waals surface area contributed by atoms with Gasteiger partial charge in [0, 0.05) is 24.3 Å². The van der Waals surface area contributed by atoms with Crippen LogP contribution in [0.5, 0.6) is 0 Å². The molecule has 2 aromatic carbocycles. The van der Waals surface area contributed by atoms with Crippen LogP contribution in [0.3, 0.4) is 0 Å².